The van der Waals surface area contributed by atoms with E-state index in [9.17, 15) is 17.2 Å². The Morgan fingerprint density at radius 3 is 2.50 bits per heavy atom. The van der Waals surface area contributed by atoms with Gasteiger partial charge in [0.1, 0.15) is 4.90 Å². The summed E-state index contributed by atoms with van der Waals surface area (Å²) < 4.78 is 53.4. The summed E-state index contributed by atoms with van der Waals surface area (Å²) in [6, 6.07) is 2.03. The van der Waals surface area contributed by atoms with E-state index in [1.807, 2.05) is 13.8 Å². The largest absolute Gasteiger partial charge is 0.326 e. The van der Waals surface area contributed by atoms with Gasteiger partial charge >= 0.3 is 0 Å². The Hall–Kier alpha value is -1.05. The molecule has 0 bridgehead atoms. The van der Waals surface area contributed by atoms with Gasteiger partial charge < -0.3 is 5.73 Å². The van der Waals surface area contributed by atoms with E-state index in [2.05, 4.69) is 0 Å². The van der Waals surface area contributed by atoms with Crippen molar-refractivity contribution in [3.8, 4) is 0 Å². The summed E-state index contributed by atoms with van der Waals surface area (Å²) in [5.41, 5.74) is 5.47. The van der Waals surface area contributed by atoms with Crippen LogP contribution < -0.4 is 5.73 Å². The van der Waals surface area contributed by atoms with E-state index in [0.29, 0.717) is 19.5 Å². The van der Waals surface area contributed by atoms with E-state index in [1.165, 1.54) is 4.31 Å². The van der Waals surface area contributed by atoms with Crippen LogP contribution in [0.4, 0.5) is 8.78 Å². The quantitative estimate of drug-likeness (QED) is 0.927. The fraction of sp³-hybridized carbons (Fsp3) is 0.538. The van der Waals surface area contributed by atoms with Crippen LogP contribution in [0.25, 0.3) is 0 Å². The molecule has 1 aliphatic rings. The van der Waals surface area contributed by atoms with Gasteiger partial charge in [0.05, 0.1) is 0 Å². The first-order chi connectivity index (χ1) is 9.17. The Morgan fingerprint density at radius 1 is 1.35 bits per heavy atom. The van der Waals surface area contributed by atoms with Gasteiger partial charge in [-0.25, -0.2) is 17.2 Å². The maximum Gasteiger partial charge on any atom is 0.246 e. The smallest absolute Gasteiger partial charge is 0.246 e. The molecule has 0 atom stereocenters. The highest BCUT2D eigenvalue weighted by Gasteiger charge is 2.38. The molecule has 1 saturated heterocycles. The van der Waals surface area contributed by atoms with E-state index in [1.54, 1.807) is 0 Å². The SMILES string of the molecule is CC1(C)CCN(S(=O)(=O)c2cc(CN)cc(F)c2F)C1. The molecule has 0 radical (unpaired) electrons. The van der Waals surface area contributed by atoms with Crippen molar-refractivity contribution in [1.29, 1.82) is 0 Å². The molecule has 0 amide bonds. The molecule has 2 N–H and O–H groups in total. The predicted molar refractivity (Wildman–Crippen MR) is 71.4 cm³/mol. The van der Waals surface area contributed by atoms with Crippen molar-refractivity contribution in [2.45, 2.75) is 31.7 Å². The normalized spacial score (nSPS) is 19.4. The van der Waals surface area contributed by atoms with Crippen LogP contribution in [-0.2, 0) is 16.6 Å². The fourth-order valence-corrected chi connectivity index (χ4v) is 4.08. The lowest BCUT2D eigenvalue weighted by Crippen LogP contribution is -2.31. The molecule has 1 fully saturated rings. The maximum atomic E-state index is 13.8. The van der Waals surface area contributed by atoms with Crippen LogP contribution in [0.15, 0.2) is 17.0 Å². The third-order valence-corrected chi connectivity index (χ3v) is 5.39. The highest BCUT2D eigenvalue weighted by atomic mass is 32.2. The molecule has 4 nitrogen and oxygen atoms in total. The minimum Gasteiger partial charge on any atom is -0.326 e. The molecule has 1 aromatic carbocycles. The summed E-state index contributed by atoms with van der Waals surface area (Å²) in [7, 11) is -4.03. The summed E-state index contributed by atoms with van der Waals surface area (Å²) in [5, 5.41) is 0. The van der Waals surface area contributed by atoms with Crippen molar-refractivity contribution in [2.24, 2.45) is 11.1 Å². The zero-order valence-corrected chi connectivity index (χ0v) is 12.3. The van der Waals surface area contributed by atoms with Crippen LogP contribution in [0.3, 0.4) is 0 Å². The summed E-state index contributed by atoms with van der Waals surface area (Å²) >= 11 is 0. The average Bonchev–Trinajstić information content (AvgIpc) is 2.73. The Bertz CT molecular complexity index is 630. The number of hydrogen-bond acceptors (Lipinski definition) is 3. The van der Waals surface area contributed by atoms with Gasteiger partial charge in [-0.15, -0.1) is 0 Å². The van der Waals surface area contributed by atoms with Crippen LogP contribution in [-0.4, -0.2) is 25.8 Å². The third kappa shape index (κ3) is 2.70. The minimum atomic E-state index is -4.03. The molecule has 20 heavy (non-hydrogen) atoms. The van der Waals surface area contributed by atoms with Crippen LogP contribution in [0, 0.1) is 17.0 Å². The molecule has 1 aliphatic heterocycles. The van der Waals surface area contributed by atoms with Gasteiger partial charge in [-0.3, -0.25) is 0 Å². The van der Waals surface area contributed by atoms with Crippen LogP contribution in [0.1, 0.15) is 25.8 Å². The second-order valence-electron chi connectivity index (χ2n) is 5.85. The van der Waals surface area contributed by atoms with Crippen molar-refractivity contribution in [3.63, 3.8) is 0 Å². The Kier molecular flexibility index (Phi) is 3.88. The van der Waals surface area contributed by atoms with Crippen molar-refractivity contribution < 1.29 is 17.2 Å². The van der Waals surface area contributed by atoms with Gasteiger partial charge in [0.25, 0.3) is 0 Å². The third-order valence-electron chi connectivity index (χ3n) is 3.55. The van der Waals surface area contributed by atoms with Gasteiger partial charge in [0.2, 0.25) is 10.0 Å². The minimum absolute atomic E-state index is 0.0504. The van der Waals surface area contributed by atoms with Crippen molar-refractivity contribution in [3.05, 3.63) is 29.3 Å². The Morgan fingerprint density at radius 2 is 2.00 bits per heavy atom. The number of benzene rings is 1. The lowest BCUT2D eigenvalue weighted by molar-refractivity contribution is 0.373. The Balaban J connectivity index is 2.47. The number of hydrogen-bond donors (Lipinski definition) is 1. The molecule has 1 aromatic rings. The molecular weight excluding hydrogens is 286 g/mol. The van der Waals surface area contributed by atoms with Crippen molar-refractivity contribution >= 4 is 10.0 Å². The number of sulfonamides is 1. The second-order valence-corrected chi connectivity index (χ2v) is 7.75. The first kappa shape index (κ1) is 15.3. The van der Waals surface area contributed by atoms with Gasteiger partial charge in [-0.05, 0) is 29.5 Å². The zero-order valence-electron chi connectivity index (χ0n) is 11.5. The van der Waals surface area contributed by atoms with Crippen molar-refractivity contribution in [1.82, 2.24) is 4.31 Å². The molecule has 7 heteroatoms. The zero-order chi connectivity index (χ0) is 15.1. The maximum absolute atomic E-state index is 13.8. The van der Waals surface area contributed by atoms with E-state index >= 15 is 0 Å². The van der Waals surface area contributed by atoms with E-state index in [0.717, 1.165) is 12.1 Å². The average molecular weight is 304 g/mol. The van der Waals surface area contributed by atoms with Crippen molar-refractivity contribution in [2.75, 3.05) is 13.1 Å². The summed E-state index contributed by atoms with van der Waals surface area (Å²) in [5.74, 6) is -2.53. The van der Waals surface area contributed by atoms with Gasteiger partial charge in [-0.2, -0.15) is 4.31 Å². The number of halogens is 2. The first-order valence-corrected chi connectivity index (χ1v) is 7.79. The van der Waals surface area contributed by atoms with Crippen LogP contribution >= 0.6 is 0 Å². The van der Waals surface area contributed by atoms with Crippen LogP contribution in [0.5, 0.6) is 0 Å². The molecule has 0 unspecified atom stereocenters. The fourth-order valence-electron chi connectivity index (χ4n) is 2.33. The van der Waals surface area contributed by atoms with E-state index < -0.39 is 26.6 Å². The predicted octanol–water partition coefficient (Wildman–Crippen LogP) is 1.84. The van der Waals surface area contributed by atoms with Gasteiger partial charge in [0, 0.05) is 19.6 Å². The number of nitrogens with two attached hydrogens (primary N) is 1. The molecule has 0 saturated carbocycles. The lowest BCUT2D eigenvalue weighted by atomic mass is 9.93. The summed E-state index contributed by atoms with van der Waals surface area (Å²) in [4.78, 5) is -0.629. The molecule has 1 heterocycles. The monoisotopic (exact) mass is 304 g/mol. The van der Waals surface area contributed by atoms with Gasteiger partial charge in [-0.1, -0.05) is 13.8 Å². The number of nitrogens with zero attached hydrogens (tertiary/aromatic N) is 1. The molecule has 0 spiro atoms. The van der Waals surface area contributed by atoms with E-state index in [4.69, 9.17) is 5.73 Å². The van der Waals surface area contributed by atoms with Crippen LogP contribution in [0.2, 0.25) is 0 Å². The first-order valence-electron chi connectivity index (χ1n) is 6.35. The molecule has 0 aliphatic carbocycles. The number of rotatable bonds is 3. The summed E-state index contributed by atoms with van der Waals surface area (Å²) in [6.45, 7) is 4.43. The second kappa shape index (κ2) is 5.05. The molecule has 0 aromatic heterocycles. The van der Waals surface area contributed by atoms with Gasteiger partial charge in [0.15, 0.2) is 11.6 Å². The van der Waals surface area contributed by atoms with E-state index in [-0.39, 0.29) is 17.5 Å². The summed E-state index contributed by atoms with van der Waals surface area (Å²) in [6.07, 6.45) is 0.687. The molecular formula is C13H18F2N2O2S. The topological polar surface area (TPSA) is 63.4 Å². The highest BCUT2D eigenvalue weighted by molar-refractivity contribution is 7.89. The highest BCUT2D eigenvalue weighted by Crippen LogP contribution is 2.33. The lowest BCUT2D eigenvalue weighted by Gasteiger charge is -2.20. The molecule has 2 rings (SSSR count). The Labute approximate surface area is 117 Å². The standard InChI is InChI=1S/C13H18F2N2O2S/c1-13(2)3-4-17(8-13)20(18,19)11-6-9(7-16)5-10(14)12(11)15/h5-6H,3-4,7-8,16H2,1-2H3. The molecule has 112 valence electrons.